The first kappa shape index (κ1) is 16.0. The summed E-state index contributed by atoms with van der Waals surface area (Å²) in [4.78, 5) is 14.1. The molecule has 4 nitrogen and oxygen atoms in total. The molecule has 1 saturated heterocycles. The normalized spacial score (nSPS) is 21.3. The van der Waals surface area contributed by atoms with Gasteiger partial charge in [-0.2, -0.15) is 0 Å². The van der Waals surface area contributed by atoms with E-state index in [4.69, 9.17) is 4.74 Å². The Morgan fingerprint density at radius 1 is 1.53 bits per heavy atom. The van der Waals surface area contributed by atoms with Gasteiger partial charge >= 0.3 is 0 Å². The zero-order valence-electron chi connectivity index (χ0n) is 13.0. The van der Waals surface area contributed by atoms with Crippen LogP contribution in [0.3, 0.4) is 0 Å². The van der Waals surface area contributed by atoms with Gasteiger partial charge in [0.1, 0.15) is 6.61 Å². The van der Waals surface area contributed by atoms with Crippen molar-refractivity contribution in [2.75, 3.05) is 26.8 Å². The number of methoxy groups -OCH3 is 1. The van der Waals surface area contributed by atoms with E-state index in [0.717, 1.165) is 18.8 Å². The van der Waals surface area contributed by atoms with Crippen LogP contribution in [0.2, 0.25) is 0 Å². The fourth-order valence-corrected chi connectivity index (χ4v) is 2.51. The minimum atomic E-state index is -0.0872. The quantitative estimate of drug-likeness (QED) is 0.829. The van der Waals surface area contributed by atoms with Gasteiger partial charge < -0.3 is 15.0 Å². The van der Waals surface area contributed by atoms with Crippen molar-refractivity contribution in [1.29, 1.82) is 0 Å². The maximum atomic E-state index is 11.8. The largest absolute Gasteiger partial charge is 0.375 e. The lowest BCUT2D eigenvalue weighted by molar-refractivity contribution is -0.126. The summed E-state index contributed by atoms with van der Waals surface area (Å²) in [6.45, 7) is 15.0. The van der Waals surface area contributed by atoms with Gasteiger partial charge in [-0.3, -0.25) is 4.79 Å². The summed E-state index contributed by atoms with van der Waals surface area (Å²) in [5.41, 5.74) is 0.952. The van der Waals surface area contributed by atoms with Crippen molar-refractivity contribution in [2.45, 2.75) is 40.2 Å². The third-order valence-corrected chi connectivity index (χ3v) is 3.61. The molecule has 0 aromatic rings. The highest BCUT2D eigenvalue weighted by Gasteiger charge is 2.33. The highest BCUT2D eigenvalue weighted by atomic mass is 16.5. The molecule has 0 radical (unpaired) electrons. The van der Waals surface area contributed by atoms with Gasteiger partial charge in [-0.25, -0.2) is 0 Å². The van der Waals surface area contributed by atoms with Crippen molar-refractivity contribution < 1.29 is 9.53 Å². The van der Waals surface area contributed by atoms with E-state index < -0.39 is 0 Å². The third kappa shape index (κ3) is 4.53. The van der Waals surface area contributed by atoms with Crippen molar-refractivity contribution >= 4 is 5.91 Å². The molecule has 1 heterocycles. The van der Waals surface area contributed by atoms with E-state index >= 15 is 0 Å². The SMILES string of the molecule is C=C(C(NC(=O)COC)C(C)(C)C)N1CCC(C)C1. The molecule has 2 atom stereocenters. The fourth-order valence-electron chi connectivity index (χ4n) is 2.51. The first-order valence-corrected chi connectivity index (χ1v) is 6.97. The number of ether oxygens (including phenoxy) is 1. The molecule has 0 spiro atoms. The van der Waals surface area contributed by atoms with Gasteiger partial charge in [-0.1, -0.05) is 34.3 Å². The Bertz CT molecular complexity index is 334. The van der Waals surface area contributed by atoms with E-state index in [9.17, 15) is 4.79 Å². The Morgan fingerprint density at radius 2 is 2.16 bits per heavy atom. The molecule has 0 saturated carbocycles. The maximum absolute atomic E-state index is 11.8. The second-order valence-corrected chi connectivity index (χ2v) is 6.63. The van der Waals surface area contributed by atoms with Gasteiger partial charge in [-0.15, -0.1) is 0 Å². The number of nitrogens with one attached hydrogen (secondary N) is 1. The van der Waals surface area contributed by atoms with Crippen molar-refractivity contribution in [3.8, 4) is 0 Å². The van der Waals surface area contributed by atoms with E-state index in [1.807, 2.05) is 0 Å². The van der Waals surface area contributed by atoms with Crippen LogP contribution in [0.15, 0.2) is 12.3 Å². The molecule has 19 heavy (non-hydrogen) atoms. The Morgan fingerprint density at radius 3 is 2.58 bits per heavy atom. The first-order chi connectivity index (χ1) is 8.75. The van der Waals surface area contributed by atoms with E-state index in [0.29, 0.717) is 5.92 Å². The molecule has 0 bridgehead atoms. The van der Waals surface area contributed by atoms with Crippen molar-refractivity contribution in [2.24, 2.45) is 11.3 Å². The second-order valence-electron chi connectivity index (χ2n) is 6.63. The molecule has 110 valence electrons. The standard InChI is InChI=1S/C15H28N2O2/c1-11-7-8-17(9-11)12(2)14(15(3,4)5)16-13(18)10-19-6/h11,14H,2,7-10H2,1,3-6H3,(H,16,18). The third-order valence-electron chi connectivity index (χ3n) is 3.61. The smallest absolute Gasteiger partial charge is 0.246 e. The topological polar surface area (TPSA) is 41.6 Å². The molecule has 1 N–H and O–H groups in total. The molecule has 1 aliphatic heterocycles. The summed E-state index contributed by atoms with van der Waals surface area (Å²) in [5.74, 6) is 0.614. The van der Waals surface area contributed by atoms with Gasteiger partial charge in [0.2, 0.25) is 5.91 Å². The average Bonchev–Trinajstić information content (AvgIpc) is 2.71. The van der Waals surface area contributed by atoms with E-state index in [1.54, 1.807) is 0 Å². The van der Waals surface area contributed by atoms with Crippen LogP contribution in [0.1, 0.15) is 34.1 Å². The Hall–Kier alpha value is -1.03. The molecule has 1 rings (SSSR count). The molecule has 0 aliphatic carbocycles. The molecule has 0 aromatic heterocycles. The maximum Gasteiger partial charge on any atom is 0.246 e. The Labute approximate surface area is 117 Å². The second kappa shape index (κ2) is 6.42. The minimum absolute atomic E-state index is 0.0551. The number of carbonyl (C=O) groups is 1. The zero-order chi connectivity index (χ0) is 14.6. The highest BCUT2D eigenvalue weighted by Crippen LogP contribution is 2.29. The first-order valence-electron chi connectivity index (χ1n) is 6.97. The summed E-state index contributed by atoms with van der Waals surface area (Å²) in [6.07, 6.45) is 1.20. The van der Waals surface area contributed by atoms with Crippen molar-refractivity contribution in [3.05, 3.63) is 12.3 Å². The summed E-state index contributed by atoms with van der Waals surface area (Å²) in [6, 6.07) is -0.0551. The van der Waals surface area contributed by atoms with Crippen LogP contribution >= 0.6 is 0 Å². The van der Waals surface area contributed by atoms with Crippen LogP contribution in [-0.2, 0) is 9.53 Å². The van der Waals surface area contributed by atoms with Crippen molar-refractivity contribution in [1.82, 2.24) is 10.2 Å². The highest BCUT2D eigenvalue weighted by molar-refractivity contribution is 5.78. The molecule has 1 fully saturated rings. The van der Waals surface area contributed by atoms with Gasteiger partial charge in [0.05, 0.1) is 6.04 Å². The monoisotopic (exact) mass is 268 g/mol. The van der Waals surface area contributed by atoms with E-state index in [1.165, 1.54) is 13.5 Å². The lowest BCUT2D eigenvalue weighted by Crippen LogP contribution is -2.49. The predicted octanol–water partition coefficient (Wildman–Crippen LogP) is 2.02. The van der Waals surface area contributed by atoms with E-state index in [-0.39, 0.29) is 24.0 Å². The summed E-state index contributed by atoms with van der Waals surface area (Å²) >= 11 is 0. The molecule has 0 aromatic carbocycles. The van der Waals surface area contributed by atoms with Crippen LogP contribution in [0.4, 0.5) is 0 Å². The van der Waals surface area contributed by atoms with Gasteiger partial charge in [0, 0.05) is 25.9 Å². The van der Waals surface area contributed by atoms with Gasteiger partial charge in [0.15, 0.2) is 0 Å². The van der Waals surface area contributed by atoms with Crippen LogP contribution < -0.4 is 5.32 Å². The number of rotatable bonds is 5. The predicted molar refractivity (Wildman–Crippen MR) is 77.8 cm³/mol. The summed E-state index contributed by atoms with van der Waals surface area (Å²) < 4.78 is 4.88. The number of likely N-dealkylation sites (tertiary alicyclic amines) is 1. The van der Waals surface area contributed by atoms with Crippen molar-refractivity contribution in [3.63, 3.8) is 0 Å². The molecule has 2 unspecified atom stereocenters. The van der Waals surface area contributed by atoms with Gasteiger partial charge in [0.25, 0.3) is 0 Å². The summed E-state index contributed by atoms with van der Waals surface area (Å²) in [7, 11) is 1.53. The Kier molecular flexibility index (Phi) is 5.41. The van der Waals surface area contributed by atoms with Crippen LogP contribution in [0.25, 0.3) is 0 Å². The number of hydrogen-bond acceptors (Lipinski definition) is 3. The number of amides is 1. The molecule has 1 aliphatic rings. The van der Waals surface area contributed by atoms with E-state index in [2.05, 4.69) is 44.5 Å². The molecule has 1 amide bonds. The lowest BCUT2D eigenvalue weighted by atomic mass is 9.84. The summed E-state index contributed by atoms with van der Waals surface area (Å²) in [5, 5.41) is 3.04. The molecule has 4 heteroatoms. The number of nitrogens with zero attached hydrogens (tertiary/aromatic N) is 1. The average molecular weight is 268 g/mol. The number of hydrogen-bond donors (Lipinski definition) is 1. The molecular weight excluding hydrogens is 240 g/mol. The Balaban J connectivity index is 2.74. The van der Waals surface area contributed by atoms with Crippen LogP contribution in [-0.4, -0.2) is 43.7 Å². The van der Waals surface area contributed by atoms with Crippen LogP contribution in [0, 0.1) is 11.3 Å². The fraction of sp³-hybridized carbons (Fsp3) is 0.800. The zero-order valence-corrected chi connectivity index (χ0v) is 13.0. The molecular formula is C15H28N2O2. The minimum Gasteiger partial charge on any atom is -0.375 e. The number of carbonyl (C=O) groups excluding carboxylic acids is 1. The lowest BCUT2D eigenvalue weighted by Gasteiger charge is -2.37. The van der Waals surface area contributed by atoms with Crippen LogP contribution in [0.5, 0.6) is 0 Å². The van der Waals surface area contributed by atoms with Gasteiger partial charge in [-0.05, 0) is 17.8 Å².